The van der Waals surface area contributed by atoms with Crippen molar-refractivity contribution in [1.82, 2.24) is 19.7 Å². The summed E-state index contributed by atoms with van der Waals surface area (Å²) in [5.74, 6) is 1.54. The summed E-state index contributed by atoms with van der Waals surface area (Å²) in [5, 5.41) is 0. The van der Waals surface area contributed by atoms with Gasteiger partial charge in [0, 0.05) is 69.5 Å². The first-order valence-electron chi connectivity index (χ1n) is 12.7. The maximum Gasteiger partial charge on any atom is 0.410 e. The van der Waals surface area contributed by atoms with Gasteiger partial charge in [0.2, 0.25) is 0 Å². The van der Waals surface area contributed by atoms with Gasteiger partial charge < -0.3 is 28.7 Å². The molecule has 0 bridgehead atoms. The average Bonchev–Trinajstić information content (AvgIpc) is 3.68. The maximum absolute atomic E-state index is 12.5. The molecular weight excluding hydrogens is 472 g/mol. The highest BCUT2D eigenvalue weighted by Gasteiger charge is 2.46. The van der Waals surface area contributed by atoms with Crippen LogP contribution in [0.4, 0.5) is 4.79 Å². The minimum atomic E-state index is -0.497. The molecule has 5 rings (SSSR count). The fourth-order valence-corrected chi connectivity index (χ4v) is 5.03. The Bertz CT molecular complexity index is 1170. The number of epoxide rings is 1. The minimum absolute atomic E-state index is 0.0304. The molecular formula is C28H36N4O5. The molecule has 1 aromatic carbocycles. The van der Waals surface area contributed by atoms with Crippen LogP contribution in [0.2, 0.25) is 0 Å². The second-order valence-corrected chi connectivity index (χ2v) is 10.7. The fourth-order valence-electron chi connectivity index (χ4n) is 5.03. The van der Waals surface area contributed by atoms with Gasteiger partial charge in [0.15, 0.2) is 6.23 Å². The van der Waals surface area contributed by atoms with Crippen molar-refractivity contribution in [2.45, 2.75) is 45.2 Å². The van der Waals surface area contributed by atoms with E-state index in [-0.39, 0.29) is 18.4 Å². The highest BCUT2D eigenvalue weighted by Crippen LogP contribution is 2.48. The number of hydrogen-bond acceptors (Lipinski definition) is 8. The lowest BCUT2D eigenvalue weighted by molar-refractivity contribution is 0.0138. The number of aromatic nitrogens is 1. The van der Waals surface area contributed by atoms with Crippen LogP contribution >= 0.6 is 0 Å². The van der Waals surface area contributed by atoms with E-state index in [1.54, 1.807) is 19.1 Å². The van der Waals surface area contributed by atoms with Crippen molar-refractivity contribution < 1.29 is 23.7 Å². The van der Waals surface area contributed by atoms with E-state index in [9.17, 15) is 4.79 Å². The number of hydrogen-bond donors (Lipinski definition) is 0. The molecule has 9 heteroatoms. The summed E-state index contributed by atoms with van der Waals surface area (Å²) in [4.78, 5) is 23.0. The third-order valence-corrected chi connectivity index (χ3v) is 6.98. The summed E-state index contributed by atoms with van der Waals surface area (Å²) in [6.45, 7) is 9.04. The van der Waals surface area contributed by atoms with Crippen LogP contribution in [0, 0.1) is 0 Å². The van der Waals surface area contributed by atoms with Crippen LogP contribution in [0.25, 0.3) is 5.57 Å². The number of benzene rings is 1. The van der Waals surface area contributed by atoms with Crippen LogP contribution in [0.3, 0.4) is 0 Å². The summed E-state index contributed by atoms with van der Waals surface area (Å²) < 4.78 is 23.2. The number of methoxy groups -OCH3 is 2. The van der Waals surface area contributed by atoms with Crippen LogP contribution in [0.15, 0.2) is 36.8 Å². The standard InChI is InChI=1S/C28H36N4O5/c1-28(2,3)37-27(33)32-11-9-31(10-12-32)17-22-23(34-5)13-18(14-24(22)35-6)21-16-30(4)26-25(36-26)20-15-29-8-7-19(20)21/h7-8,13-16,25-26H,9-12,17H2,1-6H3. The van der Waals surface area contributed by atoms with Gasteiger partial charge in [0.1, 0.15) is 23.2 Å². The molecule has 198 valence electrons. The maximum atomic E-state index is 12.5. The van der Waals surface area contributed by atoms with E-state index in [1.807, 2.05) is 46.3 Å². The Balaban J connectivity index is 1.38. The fraction of sp³-hybridized carbons (Fsp3) is 0.500. The van der Waals surface area contributed by atoms with E-state index in [1.165, 1.54) is 0 Å². The summed E-state index contributed by atoms with van der Waals surface area (Å²) >= 11 is 0. The van der Waals surface area contributed by atoms with Crippen LogP contribution in [-0.4, -0.2) is 85.1 Å². The lowest BCUT2D eigenvalue weighted by Gasteiger charge is -2.36. The van der Waals surface area contributed by atoms with Crippen molar-refractivity contribution >= 4 is 11.7 Å². The third-order valence-electron chi connectivity index (χ3n) is 6.98. The minimum Gasteiger partial charge on any atom is -0.496 e. The monoisotopic (exact) mass is 508 g/mol. The number of carbonyl (C=O) groups excluding carboxylic acids is 1. The number of rotatable bonds is 5. The molecule has 0 N–H and O–H groups in total. The van der Waals surface area contributed by atoms with Gasteiger partial charge in [0.25, 0.3) is 0 Å². The number of nitrogens with zero attached hydrogens (tertiary/aromatic N) is 4. The molecule has 1 aromatic heterocycles. The second kappa shape index (κ2) is 9.87. The summed E-state index contributed by atoms with van der Waals surface area (Å²) in [7, 11) is 5.41. The molecule has 3 aliphatic rings. The predicted molar refractivity (Wildman–Crippen MR) is 139 cm³/mol. The molecule has 1 amide bonds. The van der Waals surface area contributed by atoms with Gasteiger partial charge in [-0.2, -0.15) is 0 Å². The van der Waals surface area contributed by atoms with Crippen molar-refractivity contribution in [2.75, 3.05) is 47.4 Å². The third kappa shape index (κ3) is 5.24. The van der Waals surface area contributed by atoms with Crippen molar-refractivity contribution in [3.63, 3.8) is 0 Å². The zero-order valence-electron chi connectivity index (χ0n) is 22.5. The number of fused-ring (bicyclic) bond motifs is 3. The highest BCUT2D eigenvalue weighted by molar-refractivity contribution is 5.83. The Hall–Kier alpha value is -3.30. The first-order valence-corrected chi connectivity index (χ1v) is 12.7. The molecule has 0 saturated carbocycles. The van der Waals surface area contributed by atoms with Gasteiger partial charge in [-0.15, -0.1) is 0 Å². The number of amides is 1. The van der Waals surface area contributed by atoms with Crippen molar-refractivity contribution in [3.8, 4) is 11.5 Å². The number of likely N-dealkylation sites (N-methyl/N-ethyl adjacent to an activating group) is 1. The molecule has 2 aromatic rings. The van der Waals surface area contributed by atoms with Gasteiger partial charge in [0.05, 0.1) is 19.8 Å². The lowest BCUT2D eigenvalue weighted by atomic mass is 9.93. The number of piperazine rings is 1. The summed E-state index contributed by atoms with van der Waals surface area (Å²) in [5.41, 5.74) is 4.76. The van der Waals surface area contributed by atoms with E-state index in [4.69, 9.17) is 18.9 Å². The second-order valence-electron chi connectivity index (χ2n) is 10.7. The zero-order valence-corrected chi connectivity index (χ0v) is 22.5. The molecule has 2 fully saturated rings. The van der Waals surface area contributed by atoms with Gasteiger partial charge in [-0.3, -0.25) is 9.88 Å². The predicted octanol–water partition coefficient (Wildman–Crippen LogP) is 3.88. The van der Waals surface area contributed by atoms with Crippen molar-refractivity contribution in [2.24, 2.45) is 0 Å². The lowest BCUT2D eigenvalue weighted by Crippen LogP contribution is -2.49. The Kier molecular flexibility index (Phi) is 6.76. The number of pyridine rings is 1. The summed E-state index contributed by atoms with van der Waals surface area (Å²) in [6, 6.07) is 6.20. The average molecular weight is 509 g/mol. The molecule has 2 saturated heterocycles. The van der Waals surface area contributed by atoms with Gasteiger partial charge in [-0.25, -0.2) is 4.79 Å². The van der Waals surface area contributed by atoms with Crippen molar-refractivity contribution in [3.05, 3.63) is 59.0 Å². The molecule has 0 radical (unpaired) electrons. The van der Waals surface area contributed by atoms with Crippen molar-refractivity contribution in [1.29, 1.82) is 0 Å². The Labute approximate surface area is 218 Å². The molecule has 37 heavy (non-hydrogen) atoms. The SMILES string of the molecule is COc1cc(C2=CN(C)C3OC3c3cnccc32)cc(OC)c1CN1CCN(C(=O)OC(C)(C)C)CC1. The smallest absolute Gasteiger partial charge is 0.410 e. The first-order chi connectivity index (χ1) is 17.7. The normalized spacial score (nSPS) is 21.4. The van der Waals surface area contributed by atoms with Crippen LogP contribution < -0.4 is 9.47 Å². The summed E-state index contributed by atoms with van der Waals surface area (Å²) in [6.07, 6.45) is 5.64. The highest BCUT2D eigenvalue weighted by atomic mass is 16.6. The Morgan fingerprint density at radius 2 is 1.78 bits per heavy atom. The van der Waals surface area contributed by atoms with E-state index < -0.39 is 5.60 Å². The van der Waals surface area contributed by atoms with Gasteiger partial charge >= 0.3 is 6.09 Å². The Morgan fingerprint density at radius 1 is 1.11 bits per heavy atom. The molecule has 0 spiro atoms. The van der Waals surface area contributed by atoms with E-state index in [0.29, 0.717) is 19.6 Å². The number of ether oxygens (including phenoxy) is 4. The first kappa shape index (κ1) is 25.4. The van der Waals surface area contributed by atoms with Crippen LogP contribution in [-0.2, 0) is 16.0 Å². The van der Waals surface area contributed by atoms with Crippen LogP contribution in [0.1, 0.15) is 49.1 Å². The molecule has 0 aliphatic carbocycles. The number of carbonyl (C=O) groups is 1. The molecule has 4 heterocycles. The largest absolute Gasteiger partial charge is 0.496 e. The molecule has 2 unspecified atom stereocenters. The zero-order chi connectivity index (χ0) is 26.3. The molecule has 2 atom stereocenters. The van der Waals surface area contributed by atoms with Gasteiger partial charge in [-0.05, 0) is 50.1 Å². The van der Waals surface area contributed by atoms with E-state index in [2.05, 4.69) is 33.1 Å². The molecule has 3 aliphatic heterocycles. The van der Waals surface area contributed by atoms with E-state index >= 15 is 0 Å². The Morgan fingerprint density at radius 3 is 2.41 bits per heavy atom. The topological polar surface area (TPSA) is 79.9 Å². The van der Waals surface area contributed by atoms with Gasteiger partial charge in [-0.1, -0.05) is 0 Å². The van der Waals surface area contributed by atoms with Crippen LogP contribution in [0.5, 0.6) is 11.5 Å². The molecule has 9 nitrogen and oxygen atoms in total. The quantitative estimate of drug-likeness (QED) is 0.563. The van der Waals surface area contributed by atoms with E-state index in [0.717, 1.165) is 52.4 Å².